The first kappa shape index (κ1) is 28.8. The molecule has 0 aromatic rings. The van der Waals surface area contributed by atoms with Crippen molar-refractivity contribution in [2.75, 3.05) is 32.3 Å². The van der Waals surface area contributed by atoms with E-state index in [4.69, 9.17) is 0 Å². The molecule has 26 heavy (non-hydrogen) atoms. The summed E-state index contributed by atoms with van der Waals surface area (Å²) < 4.78 is 1.30. The second-order valence-electron chi connectivity index (χ2n) is 8.43. The molecule has 0 bridgehead atoms. The second kappa shape index (κ2) is 21.9. The van der Waals surface area contributed by atoms with Gasteiger partial charge in [-0.3, -0.25) is 0 Å². The first-order valence-corrected chi connectivity index (χ1v) is 12.9. The molecule has 0 amide bonds. The van der Waals surface area contributed by atoms with E-state index in [1.54, 1.807) is 0 Å². The summed E-state index contributed by atoms with van der Waals surface area (Å²) in [5, 5.41) is 0. The molecule has 0 atom stereocenters. The van der Waals surface area contributed by atoms with Crippen molar-refractivity contribution in [1.29, 1.82) is 0 Å². The van der Waals surface area contributed by atoms with Crippen molar-refractivity contribution in [3.63, 3.8) is 0 Å². The number of nitrogens with zero attached hydrogens (tertiary/aromatic N) is 1. The van der Waals surface area contributed by atoms with Crippen LogP contribution in [-0.4, -0.2) is 36.8 Å². The third kappa shape index (κ3) is 19.4. The first-order valence-electron chi connectivity index (χ1n) is 11.5. The lowest BCUT2D eigenvalue weighted by Crippen LogP contribution is -3.00. The Hall–Kier alpha value is 0.600. The largest absolute Gasteiger partial charge is 1.00 e. The highest BCUT2D eigenvalue weighted by Gasteiger charge is 2.19. The summed E-state index contributed by atoms with van der Waals surface area (Å²) >= 11 is 2.04. The maximum Gasteiger partial charge on any atom is 0.125 e. The Bertz CT molecular complexity index is 241. The molecule has 0 radical (unpaired) electrons. The summed E-state index contributed by atoms with van der Waals surface area (Å²) in [4.78, 5) is 0. The lowest BCUT2D eigenvalue weighted by molar-refractivity contribution is -0.897. The molecule has 160 valence electrons. The van der Waals surface area contributed by atoms with Gasteiger partial charge in [-0.15, -0.1) is 11.8 Å². The van der Waals surface area contributed by atoms with E-state index in [9.17, 15) is 0 Å². The van der Waals surface area contributed by atoms with Crippen molar-refractivity contribution >= 4 is 11.8 Å². The number of hydrogen-bond donors (Lipinski definition) is 0. The number of unbranched alkanes of at least 4 members (excludes halogenated alkanes) is 14. The van der Waals surface area contributed by atoms with E-state index in [1.165, 1.54) is 126 Å². The van der Waals surface area contributed by atoms with E-state index in [2.05, 4.69) is 27.2 Å². The van der Waals surface area contributed by atoms with Gasteiger partial charge in [0.15, 0.2) is 0 Å². The van der Waals surface area contributed by atoms with E-state index in [0.717, 1.165) is 0 Å². The number of halogens is 1. The van der Waals surface area contributed by atoms with Crippen LogP contribution in [0.3, 0.4) is 0 Å². The van der Waals surface area contributed by atoms with Crippen LogP contribution in [0.25, 0.3) is 0 Å². The molecule has 0 spiro atoms. The quantitative estimate of drug-likeness (QED) is 0.155. The van der Waals surface area contributed by atoms with Crippen LogP contribution in [0.1, 0.15) is 117 Å². The van der Waals surface area contributed by atoms with Gasteiger partial charge in [0.2, 0.25) is 0 Å². The van der Waals surface area contributed by atoms with Crippen LogP contribution in [0.2, 0.25) is 0 Å². The van der Waals surface area contributed by atoms with Gasteiger partial charge in [0.25, 0.3) is 0 Å². The van der Waals surface area contributed by atoms with Crippen LogP contribution in [-0.2, 0) is 0 Å². The SMILES string of the molecule is CCCCCCCCCC[N+](C)(CCCCCCCCCC)CSC.[Cl-]. The van der Waals surface area contributed by atoms with Crippen LogP contribution in [0.4, 0.5) is 0 Å². The number of rotatable bonds is 20. The van der Waals surface area contributed by atoms with Crippen LogP contribution in [0.5, 0.6) is 0 Å². The van der Waals surface area contributed by atoms with E-state index >= 15 is 0 Å². The van der Waals surface area contributed by atoms with Gasteiger partial charge in [0.1, 0.15) is 5.88 Å². The van der Waals surface area contributed by atoms with Gasteiger partial charge in [-0.2, -0.15) is 0 Å². The lowest BCUT2D eigenvalue weighted by atomic mass is 10.1. The molecular weight excluding hydrogens is 358 g/mol. The monoisotopic (exact) mass is 407 g/mol. The maximum absolute atomic E-state index is 2.50. The van der Waals surface area contributed by atoms with Gasteiger partial charge in [-0.25, -0.2) is 0 Å². The minimum absolute atomic E-state index is 0. The van der Waals surface area contributed by atoms with Gasteiger partial charge in [-0.1, -0.05) is 90.9 Å². The zero-order chi connectivity index (χ0) is 18.6. The van der Waals surface area contributed by atoms with Crippen molar-refractivity contribution in [2.24, 2.45) is 0 Å². The first-order chi connectivity index (χ1) is 12.2. The Balaban J connectivity index is 0. The van der Waals surface area contributed by atoms with Crippen molar-refractivity contribution in [2.45, 2.75) is 117 Å². The third-order valence-corrected chi connectivity index (χ3v) is 6.43. The molecule has 0 N–H and O–H groups in total. The van der Waals surface area contributed by atoms with E-state index < -0.39 is 0 Å². The third-order valence-electron chi connectivity index (χ3n) is 5.54. The molecule has 0 aromatic carbocycles. The van der Waals surface area contributed by atoms with Gasteiger partial charge < -0.3 is 16.9 Å². The van der Waals surface area contributed by atoms with Crippen molar-refractivity contribution < 1.29 is 16.9 Å². The Kier molecular flexibility index (Phi) is 24.3. The Morgan fingerprint density at radius 1 is 0.538 bits per heavy atom. The number of quaternary nitrogens is 1. The molecule has 3 heteroatoms. The predicted molar refractivity (Wildman–Crippen MR) is 120 cm³/mol. The molecule has 0 unspecified atom stereocenters. The minimum atomic E-state index is 0. The minimum Gasteiger partial charge on any atom is -1.00 e. The van der Waals surface area contributed by atoms with Crippen molar-refractivity contribution in [3.05, 3.63) is 0 Å². The van der Waals surface area contributed by atoms with Crippen LogP contribution in [0.15, 0.2) is 0 Å². The average molecular weight is 408 g/mol. The smallest absolute Gasteiger partial charge is 0.125 e. The Labute approximate surface area is 177 Å². The van der Waals surface area contributed by atoms with Crippen molar-refractivity contribution in [3.8, 4) is 0 Å². The fourth-order valence-corrected chi connectivity index (χ4v) is 4.69. The molecule has 0 aromatic heterocycles. The fourth-order valence-electron chi connectivity index (χ4n) is 3.81. The summed E-state index contributed by atoms with van der Waals surface area (Å²) in [6, 6.07) is 0. The normalized spacial score (nSPS) is 11.5. The molecule has 0 fully saturated rings. The summed E-state index contributed by atoms with van der Waals surface area (Å²) in [6.45, 7) is 7.40. The standard InChI is InChI=1S/C23H50NS.ClH/c1-5-7-9-11-13-15-17-19-21-24(3,23-25-4)22-20-18-16-14-12-10-8-6-2;/h5-23H2,1-4H3;1H/q+1;/p-1. The number of hydrogen-bond acceptors (Lipinski definition) is 1. The predicted octanol–water partition coefficient (Wildman–Crippen LogP) is 5.04. The zero-order valence-electron chi connectivity index (χ0n) is 18.7. The molecule has 0 saturated carbocycles. The molecule has 0 rings (SSSR count). The maximum atomic E-state index is 2.50. The molecule has 0 saturated heterocycles. The van der Waals surface area contributed by atoms with Crippen LogP contribution < -0.4 is 12.4 Å². The summed E-state index contributed by atoms with van der Waals surface area (Å²) in [5.41, 5.74) is 0. The van der Waals surface area contributed by atoms with Gasteiger partial charge >= 0.3 is 0 Å². The summed E-state index contributed by atoms with van der Waals surface area (Å²) in [5.74, 6) is 1.30. The Morgan fingerprint density at radius 3 is 1.15 bits per heavy atom. The average Bonchev–Trinajstić information content (AvgIpc) is 2.60. The molecule has 0 aliphatic rings. The Morgan fingerprint density at radius 2 is 0.846 bits per heavy atom. The highest BCUT2D eigenvalue weighted by molar-refractivity contribution is 7.98. The molecular formula is C23H50ClNS. The van der Waals surface area contributed by atoms with Crippen LogP contribution in [0, 0.1) is 0 Å². The highest BCUT2D eigenvalue weighted by atomic mass is 35.5. The fraction of sp³-hybridized carbons (Fsp3) is 1.00. The van der Waals surface area contributed by atoms with Gasteiger partial charge in [-0.05, 0) is 31.9 Å². The van der Waals surface area contributed by atoms with E-state index in [1.807, 2.05) is 11.8 Å². The van der Waals surface area contributed by atoms with E-state index in [0.29, 0.717) is 0 Å². The summed E-state index contributed by atoms with van der Waals surface area (Å²) in [7, 11) is 2.50. The lowest BCUT2D eigenvalue weighted by Gasteiger charge is -2.34. The second-order valence-corrected chi connectivity index (χ2v) is 9.27. The van der Waals surface area contributed by atoms with Gasteiger partial charge in [0.05, 0.1) is 20.1 Å². The van der Waals surface area contributed by atoms with Crippen molar-refractivity contribution in [1.82, 2.24) is 0 Å². The van der Waals surface area contributed by atoms with Gasteiger partial charge in [0, 0.05) is 0 Å². The number of thioether (sulfide) groups is 1. The molecule has 0 aliphatic carbocycles. The topological polar surface area (TPSA) is 0 Å². The highest BCUT2D eigenvalue weighted by Crippen LogP contribution is 2.17. The summed E-state index contributed by atoms with van der Waals surface area (Å²) in [6.07, 6.45) is 25.3. The molecule has 0 heterocycles. The van der Waals surface area contributed by atoms with E-state index in [-0.39, 0.29) is 12.4 Å². The zero-order valence-corrected chi connectivity index (χ0v) is 20.2. The molecule has 0 aliphatic heterocycles. The van der Waals surface area contributed by atoms with Crippen LogP contribution >= 0.6 is 11.8 Å². The molecule has 1 nitrogen and oxygen atoms in total.